The minimum absolute atomic E-state index is 0.745. The van der Waals surface area contributed by atoms with Crippen LogP contribution < -0.4 is 5.32 Å². The van der Waals surface area contributed by atoms with Crippen molar-refractivity contribution in [3.63, 3.8) is 0 Å². The molecule has 80 valence electrons. The summed E-state index contributed by atoms with van der Waals surface area (Å²) in [4.78, 5) is 0. The molecule has 0 aliphatic heterocycles. The monoisotopic (exact) mass is 211 g/mol. The van der Waals surface area contributed by atoms with E-state index in [9.17, 15) is 0 Å². The standard InChI is InChI=1S/C13H13N3/c1-3-10-9-12(15-16-13(10)14-2)11-7-5-4-6-8-11/h3-9H,1H2,2H3,(H,14,16). The smallest absolute Gasteiger partial charge is 0.155 e. The highest BCUT2D eigenvalue weighted by Gasteiger charge is 2.04. The van der Waals surface area contributed by atoms with Crippen molar-refractivity contribution in [1.29, 1.82) is 0 Å². The molecular weight excluding hydrogens is 198 g/mol. The maximum Gasteiger partial charge on any atom is 0.155 e. The Balaban J connectivity index is 2.48. The normalized spacial score (nSPS) is 9.81. The van der Waals surface area contributed by atoms with Crippen LogP contribution in [0.5, 0.6) is 0 Å². The number of anilines is 1. The number of benzene rings is 1. The van der Waals surface area contributed by atoms with Gasteiger partial charge in [-0.15, -0.1) is 10.2 Å². The third-order valence-corrected chi connectivity index (χ3v) is 2.35. The summed E-state index contributed by atoms with van der Waals surface area (Å²) in [6, 6.07) is 11.9. The average molecular weight is 211 g/mol. The molecule has 1 N–H and O–H groups in total. The van der Waals surface area contributed by atoms with E-state index in [1.54, 1.807) is 6.08 Å². The lowest BCUT2D eigenvalue weighted by molar-refractivity contribution is 1.03. The van der Waals surface area contributed by atoms with Gasteiger partial charge in [-0.3, -0.25) is 0 Å². The first-order valence-electron chi connectivity index (χ1n) is 5.08. The number of hydrogen-bond acceptors (Lipinski definition) is 3. The number of rotatable bonds is 3. The van der Waals surface area contributed by atoms with Crippen LogP contribution in [0.25, 0.3) is 17.3 Å². The minimum atomic E-state index is 0.745. The van der Waals surface area contributed by atoms with Crippen LogP contribution in [0.3, 0.4) is 0 Å². The van der Waals surface area contributed by atoms with Crippen molar-refractivity contribution in [2.24, 2.45) is 0 Å². The van der Waals surface area contributed by atoms with Crippen molar-refractivity contribution in [2.75, 3.05) is 12.4 Å². The Labute approximate surface area is 94.9 Å². The van der Waals surface area contributed by atoms with Gasteiger partial charge in [-0.25, -0.2) is 0 Å². The van der Waals surface area contributed by atoms with Crippen LogP contribution >= 0.6 is 0 Å². The Morgan fingerprint density at radius 2 is 1.94 bits per heavy atom. The van der Waals surface area contributed by atoms with Crippen molar-refractivity contribution < 1.29 is 0 Å². The molecule has 0 fully saturated rings. The second-order valence-electron chi connectivity index (χ2n) is 3.35. The summed E-state index contributed by atoms with van der Waals surface area (Å²) >= 11 is 0. The number of nitrogens with one attached hydrogen (secondary N) is 1. The SMILES string of the molecule is C=Cc1cc(-c2ccccc2)nnc1NC. The van der Waals surface area contributed by atoms with E-state index in [-0.39, 0.29) is 0 Å². The van der Waals surface area contributed by atoms with E-state index in [1.807, 2.05) is 43.4 Å². The molecular formula is C13H13N3. The van der Waals surface area contributed by atoms with Crippen LogP contribution in [-0.2, 0) is 0 Å². The van der Waals surface area contributed by atoms with Crippen molar-refractivity contribution in [1.82, 2.24) is 10.2 Å². The topological polar surface area (TPSA) is 37.8 Å². The molecule has 0 aliphatic rings. The summed E-state index contributed by atoms with van der Waals surface area (Å²) in [5.41, 5.74) is 2.87. The first-order valence-corrected chi connectivity index (χ1v) is 5.08. The fourth-order valence-electron chi connectivity index (χ4n) is 1.51. The second-order valence-corrected chi connectivity index (χ2v) is 3.35. The van der Waals surface area contributed by atoms with Gasteiger partial charge in [0.1, 0.15) is 0 Å². The van der Waals surface area contributed by atoms with Gasteiger partial charge in [-0.1, -0.05) is 43.0 Å². The highest BCUT2D eigenvalue weighted by molar-refractivity contribution is 5.68. The predicted octanol–water partition coefficient (Wildman–Crippen LogP) is 2.83. The highest BCUT2D eigenvalue weighted by Crippen LogP contribution is 2.20. The maximum atomic E-state index is 4.17. The van der Waals surface area contributed by atoms with Crippen molar-refractivity contribution >= 4 is 11.9 Å². The van der Waals surface area contributed by atoms with Gasteiger partial charge in [0.15, 0.2) is 5.82 Å². The van der Waals surface area contributed by atoms with Gasteiger partial charge in [0.25, 0.3) is 0 Å². The molecule has 3 heteroatoms. The predicted molar refractivity (Wildman–Crippen MR) is 67.1 cm³/mol. The van der Waals surface area contributed by atoms with Crippen LogP contribution in [0.15, 0.2) is 43.0 Å². The molecule has 0 radical (unpaired) electrons. The molecule has 1 aromatic heterocycles. The quantitative estimate of drug-likeness (QED) is 0.848. The van der Waals surface area contributed by atoms with E-state index in [1.165, 1.54) is 0 Å². The summed E-state index contributed by atoms with van der Waals surface area (Å²) in [6.07, 6.45) is 1.77. The molecule has 0 amide bonds. The summed E-state index contributed by atoms with van der Waals surface area (Å²) in [5, 5.41) is 11.3. The Kier molecular flexibility index (Phi) is 2.96. The van der Waals surface area contributed by atoms with Crippen LogP contribution in [0.4, 0.5) is 5.82 Å². The zero-order valence-electron chi connectivity index (χ0n) is 9.14. The van der Waals surface area contributed by atoms with Gasteiger partial charge in [-0.05, 0) is 6.07 Å². The maximum absolute atomic E-state index is 4.17. The van der Waals surface area contributed by atoms with Crippen LogP contribution in [0.1, 0.15) is 5.56 Å². The van der Waals surface area contributed by atoms with Crippen LogP contribution in [0.2, 0.25) is 0 Å². The van der Waals surface area contributed by atoms with Crippen molar-refractivity contribution in [2.45, 2.75) is 0 Å². The van der Waals surface area contributed by atoms with Crippen LogP contribution in [0, 0.1) is 0 Å². The molecule has 0 bridgehead atoms. The molecule has 0 atom stereocenters. The Bertz CT molecular complexity index is 492. The largest absolute Gasteiger partial charge is 0.371 e. The Morgan fingerprint density at radius 1 is 1.19 bits per heavy atom. The lowest BCUT2D eigenvalue weighted by Crippen LogP contribution is -1.98. The first-order chi connectivity index (χ1) is 7.85. The van der Waals surface area contributed by atoms with Crippen LogP contribution in [-0.4, -0.2) is 17.2 Å². The van der Waals surface area contributed by atoms with Gasteiger partial charge >= 0.3 is 0 Å². The zero-order valence-corrected chi connectivity index (χ0v) is 9.14. The fourth-order valence-corrected chi connectivity index (χ4v) is 1.51. The molecule has 16 heavy (non-hydrogen) atoms. The number of aromatic nitrogens is 2. The van der Waals surface area contributed by atoms with E-state index in [0.29, 0.717) is 0 Å². The first kappa shape index (κ1) is 10.4. The van der Waals surface area contributed by atoms with Gasteiger partial charge in [-0.2, -0.15) is 0 Å². The number of nitrogens with zero attached hydrogens (tertiary/aromatic N) is 2. The molecule has 0 unspecified atom stereocenters. The molecule has 2 rings (SSSR count). The average Bonchev–Trinajstić information content (AvgIpc) is 2.39. The third-order valence-electron chi connectivity index (χ3n) is 2.35. The van der Waals surface area contributed by atoms with E-state index in [0.717, 1.165) is 22.6 Å². The molecule has 1 aromatic carbocycles. The minimum Gasteiger partial charge on any atom is -0.371 e. The van der Waals surface area contributed by atoms with Gasteiger partial charge in [0, 0.05) is 18.2 Å². The summed E-state index contributed by atoms with van der Waals surface area (Å²) in [6.45, 7) is 3.77. The molecule has 2 aromatic rings. The van der Waals surface area contributed by atoms with E-state index < -0.39 is 0 Å². The molecule has 0 saturated heterocycles. The van der Waals surface area contributed by atoms with E-state index in [4.69, 9.17) is 0 Å². The van der Waals surface area contributed by atoms with Crippen molar-refractivity contribution in [3.8, 4) is 11.3 Å². The van der Waals surface area contributed by atoms with Gasteiger partial charge in [0.2, 0.25) is 0 Å². The zero-order chi connectivity index (χ0) is 11.4. The number of hydrogen-bond donors (Lipinski definition) is 1. The molecule has 3 nitrogen and oxygen atoms in total. The van der Waals surface area contributed by atoms with Crippen molar-refractivity contribution in [3.05, 3.63) is 48.5 Å². The van der Waals surface area contributed by atoms with Gasteiger partial charge in [0.05, 0.1) is 5.69 Å². The molecule has 0 spiro atoms. The Hall–Kier alpha value is -2.16. The van der Waals surface area contributed by atoms with Gasteiger partial charge < -0.3 is 5.32 Å². The summed E-state index contributed by atoms with van der Waals surface area (Å²) in [7, 11) is 1.82. The lowest BCUT2D eigenvalue weighted by Gasteiger charge is -2.05. The fraction of sp³-hybridized carbons (Fsp3) is 0.0769. The highest BCUT2D eigenvalue weighted by atomic mass is 15.2. The Morgan fingerprint density at radius 3 is 2.56 bits per heavy atom. The molecule has 0 aliphatic carbocycles. The second kappa shape index (κ2) is 4.57. The summed E-state index contributed by atoms with van der Waals surface area (Å²) < 4.78 is 0. The third kappa shape index (κ3) is 1.93. The molecule has 1 heterocycles. The van der Waals surface area contributed by atoms with E-state index >= 15 is 0 Å². The lowest BCUT2D eigenvalue weighted by atomic mass is 10.1. The van der Waals surface area contributed by atoms with E-state index in [2.05, 4.69) is 22.1 Å². The molecule has 0 saturated carbocycles. The summed E-state index contributed by atoms with van der Waals surface area (Å²) in [5.74, 6) is 0.745.